The second-order valence-electron chi connectivity index (χ2n) is 9.16. The van der Waals surface area contributed by atoms with Gasteiger partial charge in [0.2, 0.25) is 0 Å². The van der Waals surface area contributed by atoms with Crippen LogP contribution in [0.2, 0.25) is 0 Å². The summed E-state index contributed by atoms with van der Waals surface area (Å²) in [5.41, 5.74) is 6.86. The number of rotatable bonds is 2. The minimum Gasteiger partial charge on any atom is -0.451 e. The van der Waals surface area contributed by atoms with Crippen LogP contribution >= 0.6 is 86.4 Å². The highest BCUT2D eigenvalue weighted by Gasteiger charge is 2.29. The predicted molar refractivity (Wildman–Crippen MR) is 170 cm³/mol. The van der Waals surface area contributed by atoms with Gasteiger partial charge in [0, 0.05) is 0 Å². The standard InChI is InChI=1S/C28H12Br4O4S2/c1-9-3-5-11-13(7-9)33-21-15(29)23(35-19(11)21)25-17(31)27-28(37-25)18(32)26(38-27)24-16(30)22-20(36-24)12-6-4-10(2)8-14(12)34-22/h3-8H,1-2H3. The number of halogens is 4. The molecular formula is C28H12Br4O4S2. The van der Waals surface area contributed by atoms with Crippen LogP contribution in [0.3, 0.4) is 0 Å². The maximum atomic E-state index is 6.40. The highest BCUT2D eigenvalue weighted by atomic mass is 79.9. The second kappa shape index (κ2) is 8.34. The summed E-state index contributed by atoms with van der Waals surface area (Å²) in [5, 5.41) is 1.93. The molecule has 0 N–H and O–H groups in total. The fraction of sp³-hybridized carbons (Fsp3) is 0.0714. The zero-order chi connectivity index (χ0) is 26.0. The molecular weight excluding hydrogens is 784 g/mol. The molecule has 0 aliphatic rings. The van der Waals surface area contributed by atoms with E-state index in [1.54, 1.807) is 22.7 Å². The summed E-state index contributed by atoms with van der Waals surface area (Å²) >= 11 is 18.5. The third-order valence-corrected chi connectivity index (χ3v) is 13.2. The summed E-state index contributed by atoms with van der Waals surface area (Å²) in [6.45, 7) is 4.10. The average molecular weight is 796 g/mol. The summed E-state index contributed by atoms with van der Waals surface area (Å²) in [6.07, 6.45) is 0. The Kier molecular flexibility index (Phi) is 5.27. The maximum Gasteiger partial charge on any atom is 0.188 e. The minimum absolute atomic E-state index is 0.716. The molecule has 4 nitrogen and oxygen atoms in total. The monoisotopic (exact) mass is 792 g/mol. The van der Waals surface area contributed by atoms with Crippen molar-refractivity contribution in [2.45, 2.75) is 13.8 Å². The van der Waals surface area contributed by atoms with E-state index in [0.29, 0.717) is 11.2 Å². The maximum absolute atomic E-state index is 6.40. The van der Waals surface area contributed by atoms with E-state index in [4.69, 9.17) is 17.7 Å². The van der Waals surface area contributed by atoms with Crippen LogP contribution in [0.25, 0.3) is 74.9 Å². The number of thiophene rings is 2. The molecule has 6 heterocycles. The van der Waals surface area contributed by atoms with Crippen molar-refractivity contribution in [3.05, 3.63) is 65.4 Å². The zero-order valence-electron chi connectivity index (χ0n) is 19.4. The molecule has 0 aliphatic heterocycles. The molecule has 0 aliphatic carbocycles. The largest absolute Gasteiger partial charge is 0.451 e. The zero-order valence-corrected chi connectivity index (χ0v) is 27.4. The van der Waals surface area contributed by atoms with E-state index in [0.717, 1.165) is 92.8 Å². The normalized spacial score (nSPS) is 12.5. The molecule has 0 spiro atoms. The lowest BCUT2D eigenvalue weighted by atomic mass is 10.2. The van der Waals surface area contributed by atoms with Crippen LogP contribution in [0.5, 0.6) is 0 Å². The average Bonchev–Trinajstić information content (AvgIpc) is 3.69. The second-order valence-corrected chi connectivity index (χ2v) is 14.4. The quantitative estimate of drug-likeness (QED) is 0.175. The van der Waals surface area contributed by atoms with E-state index in [1.165, 1.54) is 0 Å². The van der Waals surface area contributed by atoms with Gasteiger partial charge in [0.1, 0.15) is 20.1 Å². The molecule has 0 amide bonds. The van der Waals surface area contributed by atoms with Crippen molar-refractivity contribution in [2.75, 3.05) is 0 Å². The molecule has 8 rings (SSSR count). The number of hydrogen-bond donors (Lipinski definition) is 0. The highest BCUT2D eigenvalue weighted by molar-refractivity contribution is 9.11. The third-order valence-electron chi connectivity index (χ3n) is 6.63. The highest BCUT2D eigenvalue weighted by Crippen LogP contribution is 2.56. The Morgan fingerprint density at radius 1 is 0.526 bits per heavy atom. The van der Waals surface area contributed by atoms with Crippen LogP contribution in [0.15, 0.2) is 72.0 Å². The van der Waals surface area contributed by atoms with Gasteiger partial charge >= 0.3 is 0 Å². The first kappa shape index (κ1) is 24.0. The Bertz CT molecular complexity index is 2110. The summed E-state index contributed by atoms with van der Waals surface area (Å²) in [5.74, 6) is 1.49. The van der Waals surface area contributed by atoms with E-state index in [2.05, 4.69) is 75.9 Å². The lowest BCUT2D eigenvalue weighted by Crippen LogP contribution is -1.72. The Hall–Kier alpha value is -1.82. The number of furan rings is 4. The molecule has 10 heteroatoms. The van der Waals surface area contributed by atoms with Crippen LogP contribution in [0, 0.1) is 13.8 Å². The van der Waals surface area contributed by atoms with Gasteiger partial charge < -0.3 is 17.7 Å². The van der Waals surface area contributed by atoms with E-state index >= 15 is 0 Å². The molecule has 2 aromatic carbocycles. The van der Waals surface area contributed by atoms with Gasteiger partial charge in [-0.2, -0.15) is 0 Å². The van der Waals surface area contributed by atoms with Gasteiger partial charge in [0.25, 0.3) is 0 Å². The SMILES string of the molecule is Cc1ccc2c(c1)oc1c(Br)c(-c3sc4c(Br)c(-c5oc6c(oc7cc(C)ccc76)c5Br)sc4c3Br)oc12. The van der Waals surface area contributed by atoms with E-state index in [9.17, 15) is 0 Å². The molecule has 0 saturated heterocycles. The van der Waals surface area contributed by atoms with Crippen molar-refractivity contribution in [1.82, 2.24) is 0 Å². The molecule has 0 bridgehead atoms. The van der Waals surface area contributed by atoms with Crippen molar-refractivity contribution in [3.63, 3.8) is 0 Å². The van der Waals surface area contributed by atoms with Gasteiger partial charge in [0.15, 0.2) is 33.9 Å². The Morgan fingerprint density at radius 3 is 1.37 bits per heavy atom. The van der Waals surface area contributed by atoms with Crippen molar-refractivity contribution in [1.29, 1.82) is 0 Å². The first-order chi connectivity index (χ1) is 18.3. The fourth-order valence-corrected chi connectivity index (χ4v) is 10.6. The summed E-state index contributed by atoms with van der Waals surface area (Å²) in [7, 11) is 0. The molecule has 8 aromatic rings. The number of fused-ring (bicyclic) bond motifs is 7. The summed E-state index contributed by atoms with van der Waals surface area (Å²) < 4.78 is 30.9. The van der Waals surface area contributed by atoms with Crippen molar-refractivity contribution in [3.8, 4) is 21.3 Å². The van der Waals surface area contributed by atoms with Crippen LogP contribution in [-0.2, 0) is 0 Å². The molecule has 188 valence electrons. The lowest BCUT2D eigenvalue weighted by molar-refractivity contribution is 0.630. The van der Waals surface area contributed by atoms with E-state index < -0.39 is 0 Å². The van der Waals surface area contributed by atoms with Gasteiger partial charge in [-0.05, 0) is 113 Å². The Labute approximate surface area is 256 Å². The van der Waals surface area contributed by atoms with Gasteiger partial charge in [-0.15, -0.1) is 22.7 Å². The van der Waals surface area contributed by atoms with E-state index in [1.807, 2.05) is 38.1 Å². The van der Waals surface area contributed by atoms with Gasteiger partial charge in [0.05, 0.1) is 38.9 Å². The first-order valence-corrected chi connectivity index (χ1v) is 16.2. The molecule has 38 heavy (non-hydrogen) atoms. The third kappa shape index (κ3) is 3.22. The summed E-state index contributed by atoms with van der Waals surface area (Å²) in [4.78, 5) is 1.98. The Balaban J connectivity index is 1.28. The van der Waals surface area contributed by atoms with Gasteiger partial charge in [-0.1, -0.05) is 12.1 Å². The van der Waals surface area contributed by atoms with Crippen LogP contribution in [0.4, 0.5) is 0 Å². The topological polar surface area (TPSA) is 52.6 Å². The molecule has 0 unspecified atom stereocenters. The number of hydrogen-bond acceptors (Lipinski definition) is 6. The molecule has 0 saturated carbocycles. The predicted octanol–water partition coefficient (Wildman–Crippen LogP) is 12.9. The van der Waals surface area contributed by atoms with Crippen molar-refractivity contribution >= 4 is 140 Å². The molecule has 0 atom stereocenters. The van der Waals surface area contributed by atoms with Crippen molar-refractivity contribution < 1.29 is 17.7 Å². The van der Waals surface area contributed by atoms with Gasteiger partial charge in [-0.25, -0.2) is 0 Å². The Morgan fingerprint density at radius 2 is 0.947 bits per heavy atom. The molecule has 0 fully saturated rings. The number of benzene rings is 2. The van der Waals surface area contributed by atoms with Crippen LogP contribution in [-0.4, -0.2) is 0 Å². The van der Waals surface area contributed by atoms with E-state index in [-0.39, 0.29) is 0 Å². The van der Waals surface area contributed by atoms with Crippen LogP contribution < -0.4 is 0 Å². The summed E-state index contributed by atoms with van der Waals surface area (Å²) in [6, 6.07) is 12.3. The first-order valence-electron chi connectivity index (χ1n) is 11.4. The number of aryl methyl sites for hydroxylation is 2. The minimum atomic E-state index is 0.716. The molecule has 6 aromatic heterocycles. The van der Waals surface area contributed by atoms with Crippen LogP contribution in [0.1, 0.15) is 11.1 Å². The fourth-order valence-electron chi connectivity index (χ4n) is 4.82. The van der Waals surface area contributed by atoms with Crippen molar-refractivity contribution in [2.24, 2.45) is 0 Å². The van der Waals surface area contributed by atoms with Gasteiger partial charge in [-0.3, -0.25) is 0 Å². The molecule has 0 radical (unpaired) electrons. The lowest BCUT2D eigenvalue weighted by Gasteiger charge is -1.98. The smallest absolute Gasteiger partial charge is 0.188 e.